The molecular weight excluding hydrogens is 375 g/mol. The lowest BCUT2D eigenvalue weighted by Gasteiger charge is -2.43. The number of ether oxygens (including phenoxy) is 3. The fraction of sp³-hybridized carbons (Fsp3) is 0.522. The summed E-state index contributed by atoms with van der Waals surface area (Å²) in [6.45, 7) is 5.38. The zero-order valence-corrected chi connectivity index (χ0v) is 16.8. The van der Waals surface area contributed by atoms with Gasteiger partial charge in [-0.25, -0.2) is 4.39 Å². The Kier molecular flexibility index (Phi) is 5.36. The molecule has 1 aliphatic carbocycles. The van der Waals surface area contributed by atoms with E-state index in [0.717, 1.165) is 16.7 Å². The topological polar surface area (TPSA) is 65.0 Å². The molecule has 29 heavy (non-hydrogen) atoms. The van der Waals surface area contributed by atoms with Gasteiger partial charge in [-0.2, -0.15) is 0 Å². The van der Waals surface area contributed by atoms with Gasteiger partial charge in [0.1, 0.15) is 11.9 Å². The van der Waals surface area contributed by atoms with Crippen molar-refractivity contribution in [3.05, 3.63) is 53.4 Å². The normalized spacial score (nSPS) is 28.9. The van der Waals surface area contributed by atoms with Crippen molar-refractivity contribution < 1.29 is 28.5 Å². The number of carbonyl (C=O) groups excluding carboxylic acids is 1. The maximum Gasteiger partial charge on any atom is 0.309 e. The van der Waals surface area contributed by atoms with Crippen LogP contribution in [0.25, 0.3) is 5.57 Å². The third-order valence-corrected chi connectivity index (χ3v) is 5.88. The van der Waals surface area contributed by atoms with E-state index in [1.54, 1.807) is 12.1 Å². The molecule has 5 nitrogen and oxygen atoms in total. The lowest BCUT2D eigenvalue weighted by molar-refractivity contribution is -0.174. The van der Waals surface area contributed by atoms with Gasteiger partial charge in [-0.1, -0.05) is 32.1 Å². The van der Waals surface area contributed by atoms with Gasteiger partial charge in [-0.3, -0.25) is 4.79 Å². The summed E-state index contributed by atoms with van der Waals surface area (Å²) < 4.78 is 30.9. The Labute approximate surface area is 170 Å². The van der Waals surface area contributed by atoms with Gasteiger partial charge in [0.25, 0.3) is 0 Å². The van der Waals surface area contributed by atoms with E-state index in [2.05, 4.69) is 13.8 Å². The molecule has 6 heteroatoms. The molecule has 4 rings (SSSR count). The minimum atomic E-state index is -0.681. The van der Waals surface area contributed by atoms with Crippen LogP contribution in [-0.4, -0.2) is 42.3 Å². The van der Waals surface area contributed by atoms with E-state index in [1.165, 1.54) is 12.1 Å². The fourth-order valence-corrected chi connectivity index (χ4v) is 4.67. The van der Waals surface area contributed by atoms with Crippen molar-refractivity contribution in [1.29, 1.82) is 0 Å². The number of cyclic esters (lactones) is 1. The Hall–Kier alpha value is -2.02. The Morgan fingerprint density at radius 2 is 1.86 bits per heavy atom. The van der Waals surface area contributed by atoms with Crippen LogP contribution in [0.5, 0.6) is 0 Å². The first kappa shape index (κ1) is 20.3. The summed E-state index contributed by atoms with van der Waals surface area (Å²) in [5, 5.41) is 9.87. The van der Waals surface area contributed by atoms with Gasteiger partial charge < -0.3 is 19.3 Å². The molecule has 2 fully saturated rings. The highest BCUT2D eigenvalue weighted by molar-refractivity contribution is 5.74. The van der Waals surface area contributed by atoms with E-state index >= 15 is 0 Å². The molecule has 1 N–H and O–H groups in total. The second-order valence-corrected chi connectivity index (χ2v) is 8.73. The molecule has 2 saturated heterocycles. The van der Waals surface area contributed by atoms with Crippen LogP contribution in [0.3, 0.4) is 0 Å². The number of aliphatic hydroxyl groups is 1. The predicted octanol–water partition coefficient (Wildman–Crippen LogP) is 3.77. The molecular formula is C23H27FO5. The second-order valence-electron chi connectivity index (χ2n) is 8.73. The molecule has 2 atom stereocenters. The summed E-state index contributed by atoms with van der Waals surface area (Å²) >= 11 is 0. The Bertz CT molecular complexity index is 833. The van der Waals surface area contributed by atoms with Crippen molar-refractivity contribution in [1.82, 2.24) is 0 Å². The zero-order chi connectivity index (χ0) is 20.6. The van der Waals surface area contributed by atoms with Crippen LogP contribution in [0.2, 0.25) is 0 Å². The minimum Gasteiger partial charge on any atom is -0.458 e. The van der Waals surface area contributed by atoms with Crippen molar-refractivity contribution in [2.45, 2.75) is 57.5 Å². The first-order valence-electron chi connectivity index (χ1n) is 10.1. The van der Waals surface area contributed by atoms with E-state index in [9.17, 15) is 14.3 Å². The van der Waals surface area contributed by atoms with Gasteiger partial charge in [-0.05, 0) is 40.3 Å². The first-order chi connectivity index (χ1) is 13.8. The predicted molar refractivity (Wildman–Crippen MR) is 105 cm³/mol. The lowest BCUT2D eigenvalue weighted by atomic mass is 9.68. The first-order valence-corrected chi connectivity index (χ1v) is 10.1. The number of rotatable bonds is 3. The average molecular weight is 402 g/mol. The lowest BCUT2D eigenvalue weighted by Crippen LogP contribution is -2.41. The Morgan fingerprint density at radius 1 is 1.17 bits per heavy atom. The second kappa shape index (κ2) is 7.67. The van der Waals surface area contributed by atoms with Crippen LogP contribution in [0.1, 0.15) is 45.1 Å². The van der Waals surface area contributed by atoms with Crippen LogP contribution in [0.15, 0.2) is 42.0 Å². The maximum absolute atomic E-state index is 13.5. The smallest absolute Gasteiger partial charge is 0.309 e. The van der Waals surface area contributed by atoms with E-state index in [0.29, 0.717) is 32.5 Å². The summed E-state index contributed by atoms with van der Waals surface area (Å²) in [7, 11) is 0. The molecule has 1 aromatic carbocycles. The van der Waals surface area contributed by atoms with Crippen LogP contribution >= 0.6 is 0 Å². The number of allylic oxidation sites excluding steroid dienone is 2. The maximum atomic E-state index is 13.5. The van der Waals surface area contributed by atoms with Crippen molar-refractivity contribution >= 4 is 11.5 Å². The van der Waals surface area contributed by atoms with Crippen molar-refractivity contribution in [3.8, 4) is 0 Å². The molecule has 0 bridgehead atoms. The van der Waals surface area contributed by atoms with Crippen molar-refractivity contribution in [2.24, 2.45) is 5.41 Å². The van der Waals surface area contributed by atoms with E-state index in [4.69, 9.17) is 14.2 Å². The molecule has 0 unspecified atom stereocenters. The molecule has 0 radical (unpaired) electrons. The number of carbonyl (C=O) groups is 1. The molecule has 0 saturated carbocycles. The average Bonchev–Trinajstić information content (AvgIpc) is 3.07. The summed E-state index contributed by atoms with van der Waals surface area (Å²) in [6, 6.07) is 6.45. The van der Waals surface area contributed by atoms with Gasteiger partial charge in [0.2, 0.25) is 0 Å². The van der Waals surface area contributed by atoms with Gasteiger partial charge in [-0.15, -0.1) is 0 Å². The summed E-state index contributed by atoms with van der Waals surface area (Å²) in [5.41, 5.74) is 2.74. The Balaban J connectivity index is 1.73. The molecule has 0 amide bonds. The number of aliphatic hydroxyl groups excluding tert-OH is 1. The highest BCUT2D eigenvalue weighted by Gasteiger charge is 2.47. The number of hydrogen-bond donors (Lipinski definition) is 1. The van der Waals surface area contributed by atoms with Gasteiger partial charge >= 0.3 is 5.97 Å². The molecule has 2 heterocycles. The summed E-state index contributed by atoms with van der Waals surface area (Å²) in [6.07, 6.45) is 4.37. The van der Waals surface area contributed by atoms with Crippen LogP contribution in [0.4, 0.5) is 4.39 Å². The number of hydrogen-bond acceptors (Lipinski definition) is 5. The minimum absolute atomic E-state index is 0.0383. The molecule has 156 valence electrons. The van der Waals surface area contributed by atoms with Gasteiger partial charge in [0.15, 0.2) is 5.79 Å². The van der Waals surface area contributed by atoms with Gasteiger partial charge in [0.05, 0.1) is 25.7 Å². The van der Waals surface area contributed by atoms with Crippen LogP contribution in [-0.2, 0) is 19.0 Å². The SMILES string of the molecule is CC1(C)CC2(CC(c3ccc(F)cc3)=C1/C=C/[C@@H]1C[C@@H](O)CC(=O)O1)OCCO2. The molecule has 1 aromatic rings. The van der Waals surface area contributed by atoms with E-state index in [1.807, 2.05) is 12.2 Å². The third kappa shape index (κ3) is 4.29. The van der Waals surface area contributed by atoms with Gasteiger partial charge in [0, 0.05) is 19.3 Å². The Morgan fingerprint density at radius 3 is 2.52 bits per heavy atom. The monoisotopic (exact) mass is 402 g/mol. The van der Waals surface area contributed by atoms with E-state index in [-0.39, 0.29) is 23.6 Å². The number of halogens is 1. The standard InChI is InChI=1S/C23H27FO5/c1-22(2)14-23(27-9-10-28-23)13-19(15-3-5-16(24)6-4-15)20(22)8-7-18-11-17(25)12-21(26)29-18/h3-8,17-18,25H,9-14H2,1-2H3/b8-7+/t17-,18-/m1/s1. The number of esters is 1. The number of benzene rings is 1. The molecule has 0 aromatic heterocycles. The largest absolute Gasteiger partial charge is 0.458 e. The van der Waals surface area contributed by atoms with Crippen LogP contribution in [0, 0.1) is 11.2 Å². The van der Waals surface area contributed by atoms with Crippen molar-refractivity contribution in [2.75, 3.05) is 13.2 Å². The third-order valence-electron chi connectivity index (χ3n) is 5.88. The molecule has 3 aliphatic rings. The molecule has 2 aliphatic heterocycles. The highest BCUT2D eigenvalue weighted by atomic mass is 19.1. The highest BCUT2D eigenvalue weighted by Crippen LogP contribution is 2.51. The summed E-state index contributed by atoms with van der Waals surface area (Å²) in [5.74, 6) is -1.34. The molecule has 1 spiro atoms. The van der Waals surface area contributed by atoms with Crippen LogP contribution < -0.4 is 0 Å². The fourth-order valence-electron chi connectivity index (χ4n) is 4.67. The van der Waals surface area contributed by atoms with E-state index < -0.39 is 18.0 Å². The summed E-state index contributed by atoms with van der Waals surface area (Å²) in [4.78, 5) is 11.7. The zero-order valence-electron chi connectivity index (χ0n) is 16.8. The quantitative estimate of drug-likeness (QED) is 0.780. The van der Waals surface area contributed by atoms with Crippen molar-refractivity contribution in [3.63, 3.8) is 0 Å².